The minimum absolute atomic E-state index is 0.677. The van der Waals surface area contributed by atoms with Gasteiger partial charge in [0.15, 0.2) is 0 Å². The molecule has 0 radical (unpaired) electrons. The molecule has 0 aromatic heterocycles. The molecule has 1 aromatic rings. The first-order valence-electron chi connectivity index (χ1n) is 6.37. The maximum absolute atomic E-state index is 5.59. The van der Waals surface area contributed by atoms with Crippen LogP contribution in [0.1, 0.15) is 12.0 Å². The van der Waals surface area contributed by atoms with E-state index in [9.17, 15) is 0 Å². The second-order valence-electron chi connectivity index (χ2n) is 4.97. The van der Waals surface area contributed by atoms with Gasteiger partial charge in [-0.25, -0.2) is 0 Å². The first kappa shape index (κ1) is 14.8. The zero-order valence-corrected chi connectivity index (χ0v) is 12.4. The molecule has 0 heterocycles. The van der Waals surface area contributed by atoms with Crippen LogP contribution in [0.4, 0.5) is 0 Å². The Morgan fingerprint density at radius 1 is 1.28 bits per heavy atom. The van der Waals surface area contributed by atoms with E-state index in [0.29, 0.717) is 13.2 Å². The first-order valence-corrected chi connectivity index (χ1v) is 9.57. The van der Waals surface area contributed by atoms with Crippen molar-refractivity contribution < 1.29 is 4.74 Å². The van der Waals surface area contributed by atoms with E-state index in [1.165, 1.54) is 5.56 Å². The van der Waals surface area contributed by atoms with Crippen LogP contribution in [-0.2, 0) is 11.3 Å². The van der Waals surface area contributed by atoms with Gasteiger partial charge in [-0.3, -0.25) is 0 Å². The largest absolute Gasteiger partial charge is 0.376 e. The van der Waals surface area contributed by atoms with E-state index < -0.39 is 8.07 Å². The molecular formula is C16H22OSi. The molecule has 0 aliphatic rings. The molecule has 1 rings (SSSR count). The van der Waals surface area contributed by atoms with E-state index in [1.807, 2.05) is 24.3 Å². The van der Waals surface area contributed by atoms with Crippen LogP contribution in [0.15, 0.2) is 43.0 Å². The quantitative estimate of drug-likeness (QED) is 0.324. The molecule has 0 spiro atoms. The van der Waals surface area contributed by atoms with Crippen LogP contribution >= 0.6 is 0 Å². The summed E-state index contributed by atoms with van der Waals surface area (Å²) in [4.78, 5) is 0. The molecule has 2 heteroatoms. The lowest BCUT2D eigenvalue weighted by molar-refractivity contribution is 0.126. The number of rotatable bonds is 6. The second-order valence-corrected chi connectivity index (χ2v) is 9.39. The fourth-order valence-corrected chi connectivity index (χ4v) is 3.03. The SMILES string of the molecule is C=CC[Si](C)(C)C#CCCOCc1ccccc1. The van der Waals surface area contributed by atoms with E-state index in [2.05, 4.69) is 43.3 Å². The summed E-state index contributed by atoms with van der Waals surface area (Å²) in [6.07, 6.45) is 2.80. The van der Waals surface area contributed by atoms with Crippen LogP contribution in [0.3, 0.4) is 0 Å². The molecule has 0 N–H and O–H groups in total. The third-order valence-electron chi connectivity index (χ3n) is 2.56. The van der Waals surface area contributed by atoms with Gasteiger partial charge < -0.3 is 4.74 Å². The number of hydrogen-bond acceptors (Lipinski definition) is 1. The van der Waals surface area contributed by atoms with Crippen LogP contribution in [0, 0.1) is 11.5 Å². The maximum Gasteiger partial charge on any atom is 0.136 e. The van der Waals surface area contributed by atoms with Gasteiger partial charge in [0.2, 0.25) is 0 Å². The lowest BCUT2D eigenvalue weighted by Gasteiger charge is -2.10. The number of ether oxygens (including phenoxy) is 1. The van der Waals surface area contributed by atoms with Crippen molar-refractivity contribution in [2.45, 2.75) is 32.2 Å². The van der Waals surface area contributed by atoms with Gasteiger partial charge in [-0.1, -0.05) is 49.5 Å². The third-order valence-corrected chi connectivity index (χ3v) is 4.73. The second kappa shape index (κ2) is 7.92. The van der Waals surface area contributed by atoms with E-state index in [1.54, 1.807) is 0 Å². The summed E-state index contributed by atoms with van der Waals surface area (Å²) >= 11 is 0. The summed E-state index contributed by atoms with van der Waals surface area (Å²) in [5.74, 6) is 3.24. The van der Waals surface area contributed by atoms with Crippen molar-refractivity contribution in [1.29, 1.82) is 0 Å². The Bertz CT molecular complexity index is 412. The topological polar surface area (TPSA) is 9.23 Å². The smallest absolute Gasteiger partial charge is 0.136 e. The lowest BCUT2D eigenvalue weighted by atomic mass is 10.2. The molecule has 18 heavy (non-hydrogen) atoms. The van der Waals surface area contributed by atoms with Crippen molar-refractivity contribution in [3.05, 3.63) is 48.6 Å². The Balaban J connectivity index is 2.20. The molecule has 0 saturated carbocycles. The molecule has 0 amide bonds. The summed E-state index contributed by atoms with van der Waals surface area (Å²) < 4.78 is 5.59. The first-order chi connectivity index (χ1) is 8.64. The highest BCUT2D eigenvalue weighted by atomic mass is 28.3. The fourth-order valence-electron chi connectivity index (χ4n) is 1.60. The van der Waals surface area contributed by atoms with Gasteiger partial charge in [0.25, 0.3) is 0 Å². The summed E-state index contributed by atoms with van der Waals surface area (Å²) in [7, 11) is -1.36. The lowest BCUT2D eigenvalue weighted by Crippen LogP contribution is -2.21. The fraction of sp³-hybridized carbons (Fsp3) is 0.375. The number of hydrogen-bond donors (Lipinski definition) is 0. The molecule has 0 aliphatic heterocycles. The predicted octanol–water partition coefficient (Wildman–Crippen LogP) is 4.03. The zero-order chi connectivity index (χ0) is 13.3. The van der Waals surface area contributed by atoms with E-state index in [4.69, 9.17) is 4.74 Å². The summed E-state index contributed by atoms with van der Waals surface area (Å²) in [6.45, 7) is 9.71. The van der Waals surface area contributed by atoms with Crippen molar-refractivity contribution in [1.82, 2.24) is 0 Å². The maximum atomic E-state index is 5.59. The van der Waals surface area contributed by atoms with Crippen LogP contribution in [-0.4, -0.2) is 14.7 Å². The van der Waals surface area contributed by atoms with Crippen molar-refractivity contribution in [2.24, 2.45) is 0 Å². The van der Waals surface area contributed by atoms with Crippen molar-refractivity contribution in [3.8, 4) is 11.5 Å². The molecule has 0 fully saturated rings. The zero-order valence-electron chi connectivity index (χ0n) is 11.4. The number of allylic oxidation sites excluding steroid dienone is 1. The van der Waals surface area contributed by atoms with Gasteiger partial charge in [0.1, 0.15) is 8.07 Å². The van der Waals surface area contributed by atoms with Gasteiger partial charge >= 0.3 is 0 Å². The normalized spacial score (nSPS) is 10.6. The van der Waals surface area contributed by atoms with Crippen LogP contribution in [0.2, 0.25) is 19.1 Å². The molecule has 1 aromatic carbocycles. The Labute approximate surface area is 112 Å². The highest BCUT2D eigenvalue weighted by molar-refractivity contribution is 6.85. The standard InChI is InChI=1S/C16H22OSi/c1-4-13-18(2,3)14-9-8-12-17-15-16-10-6-5-7-11-16/h4-7,10-11H,1,8,12-13,15H2,2-3H3. The molecule has 1 nitrogen and oxygen atoms in total. The molecule has 0 unspecified atom stereocenters. The van der Waals surface area contributed by atoms with Crippen molar-refractivity contribution in [3.63, 3.8) is 0 Å². The van der Waals surface area contributed by atoms with Gasteiger partial charge in [0.05, 0.1) is 13.2 Å². The van der Waals surface area contributed by atoms with E-state index >= 15 is 0 Å². The van der Waals surface area contributed by atoms with Gasteiger partial charge in [-0.2, -0.15) is 0 Å². The minimum Gasteiger partial charge on any atom is -0.376 e. The van der Waals surface area contributed by atoms with Gasteiger partial charge in [-0.15, -0.1) is 18.0 Å². The molecule has 96 valence electrons. The Morgan fingerprint density at radius 2 is 2.00 bits per heavy atom. The summed E-state index contributed by atoms with van der Waals surface area (Å²) in [5, 5.41) is 0. The highest BCUT2D eigenvalue weighted by Gasteiger charge is 2.14. The van der Waals surface area contributed by atoms with E-state index in [-0.39, 0.29) is 0 Å². The van der Waals surface area contributed by atoms with Crippen LogP contribution in [0.25, 0.3) is 0 Å². The Hall–Kier alpha value is -1.30. The number of benzene rings is 1. The minimum atomic E-state index is -1.36. The molecule has 0 atom stereocenters. The summed E-state index contributed by atoms with van der Waals surface area (Å²) in [6, 6.07) is 11.3. The van der Waals surface area contributed by atoms with Crippen LogP contribution in [0.5, 0.6) is 0 Å². The van der Waals surface area contributed by atoms with E-state index in [0.717, 1.165) is 12.5 Å². The third kappa shape index (κ3) is 6.44. The Morgan fingerprint density at radius 3 is 2.67 bits per heavy atom. The molecule has 0 aliphatic carbocycles. The average Bonchev–Trinajstić information content (AvgIpc) is 2.35. The van der Waals surface area contributed by atoms with Gasteiger partial charge in [0, 0.05) is 6.42 Å². The predicted molar refractivity (Wildman–Crippen MR) is 81.0 cm³/mol. The molecule has 0 bridgehead atoms. The Kier molecular flexibility index (Phi) is 6.49. The van der Waals surface area contributed by atoms with Gasteiger partial charge in [-0.05, 0) is 11.6 Å². The summed E-state index contributed by atoms with van der Waals surface area (Å²) in [5.41, 5.74) is 4.61. The highest BCUT2D eigenvalue weighted by Crippen LogP contribution is 2.07. The average molecular weight is 258 g/mol. The monoisotopic (exact) mass is 258 g/mol. The van der Waals surface area contributed by atoms with Crippen molar-refractivity contribution >= 4 is 8.07 Å². The van der Waals surface area contributed by atoms with Crippen LogP contribution < -0.4 is 0 Å². The molecular weight excluding hydrogens is 236 g/mol. The van der Waals surface area contributed by atoms with Crippen molar-refractivity contribution in [2.75, 3.05) is 6.61 Å². The molecule has 0 saturated heterocycles.